The summed E-state index contributed by atoms with van der Waals surface area (Å²) in [7, 11) is 0. The van der Waals surface area contributed by atoms with Gasteiger partial charge in [0.25, 0.3) is 0 Å². The molecule has 1 aromatic heterocycles. The van der Waals surface area contributed by atoms with Crippen molar-refractivity contribution in [2.24, 2.45) is 11.1 Å². The van der Waals surface area contributed by atoms with Crippen LogP contribution in [0.15, 0.2) is 54.6 Å². The number of carbonyl (C=O) groups is 2. The normalized spacial score (nSPS) is 18.8. The maximum absolute atomic E-state index is 14.2. The Hall–Kier alpha value is -4.39. The van der Waals surface area contributed by atoms with Gasteiger partial charge in [-0.2, -0.15) is 23.1 Å². The highest BCUT2D eigenvalue weighted by atomic mass is 19.4. The van der Waals surface area contributed by atoms with Crippen LogP contribution in [-0.2, 0) is 9.53 Å². The van der Waals surface area contributed by atoms with E-state index in [-0.39, 0.29) is 34.8 Å². The Morgan fingerprint density at radius 3 is 2.28 bits per heavy atom. The number of aromatic nitrogens is 2. The molecule has 10 nitrogen and oxygen atoms in total. The first-order valence-electron chi connectivity index (χ1n) is 14.0. The Morgan fingerprint density at radius 1 is 1.07 bits per heavy atom. The minimum absolute atomic E-state index is 0.0662. The third-order valence-electron chi connectivity index (χ3n) is 8.04. The highest BCUT2D eigenvalue weighted by molar-refractivity contribution is 5.93. The molecule has 3 aromatic rings. The molecule has 2 fully saturated rings. The number of esters is 1. The number of piperidine rings is 1. The maximum atomic E-state index is 14.2. The fourth-order valence-corrected chi connectivity index (χ4v) is 5.69. The van der Waals surface area contributed by atoms with Gasteiger partial charge in [-0.3, -0.25) is 9.59 Å². The Morgan fingerprint density at radius 2 is 1.70 bits per heavy atom. The van der Waals surface area contributed by atoms with E-state index in [1.807, 2.05) is 4.90 Å². The van der Waals surface area contributed by atoms with Gasteiger partial charge in [0.15, 0.2) is 0 Å². The fraction of sp³-hybridized carbons (Fsp3) is 0.400. The molecule has 2 saturated heterocycles. The van der Waals surface area contributed by atoms with E-state index in [9.17, 15) is 22.8 Å². The lowest BCUT2D eigenvalue weighted by atomic mass is 9.76. The van der Waals surface area contributed by atoms with Gasteiger partial charge >= 0.3 is 12.1 Å². The molecular weight excluding hydrogens is 565 g/mol. The van der Waals surface area contributed by atoms with E-state index in [1.165, 1.54) is 18.2 Å². The van der Waals surface area contributed by atoms with Crippen LogP contribution in [0.4, 0.5) is 24.9 Å². The third kappa shape index (κ3) is 6.82. The second kappa shape index (κ2) is 12.1. The van der Waals surface area contributed by atoms with Gasteiger partial charge in [-0.1, -0.05) is 36.4 Å². The lowest BCUT2D eigenvalue weighted by Crippen LogP contribution is -2.41. The summed E-state index contributed by atoms with van der Waals surface area (Å²) in [5, 5.41) is 3.26. The van der Waals surface area contributed by atoms with Gasteiger partial charge in [0, 0.05) is 36.8 Å². The second-order valence-electron chi connectivity index (χ2n) is 10.9. The zero-order chi connectivity index (χ0) is 30.8. The minimum Gasteiger partial charge on any atom is -0.465 e. The number of nitrogens with two attached hydrogens (primary N) is 2. The predicted octanol–water partition coefficient (Wildman–Crippen LogP) is 4.02. The van der Waals surface area contributed by atoms with Crippen LogP contribution in [0.25, 0.3) is 11.1 Å². The number of ether oxygens (including phenoxy) is 2. The number of amides is 1. The van der Waals surface area contributed by atoms with Crippen molar-refractivity contribution in [2.45, 2.75) is 44.5 Å². The van der Waals surface area contributed by atoms with Gasteiger partial charge in [0.2, 0.25) is 23.8 Å². The first-order valence-corrected chi connectivity index (χ1v) is 14.0. The van der Waals surface area contributed by atoms with Crippen LogP contribution in [0.2, 0.25) is 0 Å². The number of rotatable bonds is 8. The lowest BCUT2D eigenvalue weighted by molar-refractivity contribution is -0.198. The van der Waals surface area contributed by atoms with E-state index in [0.717, 1.165) is 12.8 Å². The molecule has 5 N–H and O–H groups in total. The summed E-state index contributed by atoms with van der Waals surface area (Å²) >= 11 is 0. The molecule has 43 heavy (non-hydrogen) atoms. The molecule has 0 saturated carbocycles. The summed E-state index contributed by atoms with van der Waals surface area (Å²) in [6, 6.07) is 13.2. The quantitative estimate of drug-likeness (QED) is 0.327. The van der Waals surface area contributed by atoms with Crippen LogP contribution < -0.4 is 26.4 Å². The molecule has 0 unspecified atom stereocenters. The summed E-state index contributed by atoms with van der Waals surface area (Å²) in [6.45, 7) is 3.95. The largest absolute Gasteiger partial charge is 0.465 e. The zero-order valence-corrected chi connectivity index (χ0v) is 23.6. The van der Waals surface area contributed by atoms with Crippen molar-refractivity contribution in [3.05, 3.63) is 65.7 Å². The molecule has 2 atom stereocenters. The Balaban J connectivity index is 1.29. The highest BCUT2D eigenvalue weighted by Crippen LogP contribution is 2.41. The minimum atomic E-state index is -4.74. The van der Waals surface area contributed by atoms with Crippen LogP contribution in [0, 0.1) is 5.41 Å². The SMILES string of the molecule is CCOC(=O)[C@@H]1CC2(CCN(c3cc(O[C@H](c4ccc(-c5ccc(C(N)=O)cc5)cc4)C(F)(F)F)nc(N)n3)CC2)CN1. The van der Waals surface area contributed by atoms with E-state index in [0.29, 0.717) is 55.2 Å². The van der Waals surface area contributed by atoms with Gasteiger partial charge in [0.05, 0.1) is 6.61 Å². The molecule has 2 aromatic carbocycles. The van der Waals surface area contributed by atoms with Gasteiger partial charge in [-0.25, -0.2) is 0 Å². The van der Waals surface area contributed by atoms with Crippen molar-refractivity contribution in [2.75, 3.05) is 36.9 Å². The molecule has 1 spiro atoms. The number of nitrogens with zero attached hydrogens (tertiary/aromatic N) is 3. The van der Waals surface area contributed by atoms with E-state index in [2.05, 4.69) is 15.3 Å². The molecule has 3 heterocycles. The molecule has 1 amide bonds. The van der Waals surface area contributed by atoms with E-state index in [4.69, 9.17) is 20.9 Å². The zero-order valence-electron chi connectivity index (χ0n) is 23.6. The molecule has 2 aliphatic heterocycles. The average molecular weight is 599 g/mol. The first-order chi connectivity index (χ1) is 20.5. The van der Waals surface area contributed by atoms with Crippen molar-refractivity contribution in [1.82, 2.24) is 15.3 Å². The molecular formula is C30H33F3N6O4. The summed E-state index contributed by atoms with van der Waals surface area (Å²) in [4.78, 5) is 33.6. The number of anilines is 2. The summed E-state index contributed by atoms with van der Waals surface area (Å²) < 4.78 is 53.2. The summed E-state index contributed by atoms with van der Waals surface area (Å²) in [5.41, 5.74) is 12.7. The van der Waals surface area contributed by atoms with Gasteiger partial charge in [0.1, 0.15) is 11.9 Å². The number of carbonyl (C=O) groups excluding carboxylic acids is 2. The van der Waals surface area contributed by atoms with Crippen LogP contribution in [0.5, 0.6) is 5.88 Å². The highest BCUT2D eigenvalue weighted by Gasteiger charge is 2.45. The Labute approximate surface area is 246 Å². The first kappa shape index (κ1) is 30.1. The summed E-state index contributed by atoms with van der Waals surface area (Å²) in [6.07, 6.45) is -4.84. The number of halogens is 3. The van der Waals surface area contributed by atoms with Crippen LogP contribution in [0.3, 0.4) is 0 Å². The van der Waals surface area contributed by atoms with Crippen LogP contribution in [-0.4, -0.2) is 60.3 Å². The number of hydrogen-bond donors (Lipinski definition) is 3. The standard InChI is InChI=1S/C30H33F3N6O4/c1-2-42-27(41)22-16-29(17-36-22)11-13-39(14-12-29)23-15-24(38-28(35)37-23)43-25(30(31,32)33)20-7-3-18(4-8-20)19-5-9-21(10-6-19)26(34)40/h3-10,15,22,25,36H,2,11-14,16-17H2,1H3,(H2,34,40)(H2,35,37,38)/t22-,25+/m0/s1. The maximum Gasteiger partial charge on any atom is 0.429 e. The topological polar surface area (TPSA) is 146 Å². The van der Waals surface area contributed by atoms with Crippen LogP contribution >= 0.6 is 0 Å². The van der Waals surface area contributed by atoms with E-state index < -0.39 is 18.2 Å². The summed E-state index contributed by atoms with van der Waals surface area (Å²) in [5.74, 6) is -0.935. The number of hydrogen-bond acceptors (Lipinski definition) is 9. The van der Waals surface area contributed by atoms with Crippen molar-refractivity contribution >= 4 is 23.6 Å². The number of nitrogens with one attached hydrogen (secondary N) is 1. The average Bonchev–Trinajstić information content (AvgIpc) is 3.39. The van der Waals surface area contributed by atoms with Gasteiger partial charge in [-0.05, 0) is 54.9 Å². The number of benzene rings is 2. The van der Waals surface area contributed by atoms with Crippen molar-refractivity contribution in [3.8, 4) is 17.0 Å². The third-order valence-corrected chi connectivity index (χ3v) is 8.04. The van der Waals surface area contributed by atoms with E-state index in [1.54, 1.807) is 43.3 Å². The molecule has 228 valence electrons. The fourth-order valence-electron chi connectivity index (χ4n) is 5.69. The van der Waals surface area contributed by atoms with Crippen molar-refractivity contribution < 1.29 is 32.2 Å². The molecule has 0 aliphatic carbocycles. The Bertz CT molecular complexity index is 1460. The van der Waals surface area contributed by atoms with Gasteiger partial charge < -0.3 is 31.2 Å². The van der Waals surface area contributed by atoms with Crippen LogP contribution in [0.1, 0.15) is 48.2 Å². The Kier molecular flexibility index (Phi) is 8.45. The monoisotopic (exact) mass is 598 g/mol. The molecule has 0 bridgehead atoms. The number of alkyl halides is 3. The predicted molar refractivity (Wildman–Crippen MR) is 153 cm³/mol. The molecule has 0 radical (unpaired) electrons. The van der Waals surface area contributed by atoms with Gasteiger partial charge in [-0.15, -0.1) is 0 Å². The van der Waals surface area contributed by atoms with Crippen molar-refractivity contribution in [3.63, 3.8) is 0 Å². The second-order valence-corrected chi connectivity index (χ2v) is 10.9. The number of nitrogen functional groups attached to an aromatic ring is 1. The van der Waals surface area contributed by atoms with E-state index >= 15 is 0 Å². The van der Waals surface area contributed by atoms with Crippen molar-refractivity contribution in [1.29, 1.82) is 0 Å². The molecule has 2 aliphatic rings. The lowest BCUT2D eigenvalue weighted by Gasteiger charge is -2.39. The molecule has 5 rings (SSSR count). The molecule has 13 heteroatoms. The smallest absolute Gasteiger partial charge is 0.429 e. The number of primary amides is 1.